The molecule has 60 valence electrons. The van der Waals surface area contributed by atoms with Crippen molar-refractivity contribution in [2.45, 2.75) is 0 Å². The first-order chi connectivity index (χ1) is 5.04. The number of nitrogens with two attached hydrogens (primary N) is 2. The van der Waals surface area contributed by atoms with E-state index in [1.807, 2.05) is 7.05 Å². The summed E-state index contributed by atoms with van der Waals surface area (Å²) in [5.41, 5.74) is 12.2. The summed E-state index contributed by atoms with van der Waals surface area (Å²) in [6, 6.07) is 0. The number of hydrogen-bond donors (Lipinski definition) is 3. The van der Waals surface area contributed by atoms with Crippen LogP contribution < -0.4 is 16.8 Å². The SMILES string of the molecule is C=C1NC(N)=C(N)C(=C)N1C. The second-order valence-electron chi connectivity index (χ2n) is 2.40. The first-order valence-electron chi connectivity index (χ1n) is 3.18. The molecule has 0 unspecified atom stereocenters. The molecule has 0 atom stereocenters. The van der Waals surface area contributed by atoms with Gasteiger partial charge < -0.3 is 21.7 Å². The predicted molar refractivity (Wildman–Crippen MR) is 44.6 cm³/mol. The van der Waals surface area contributed by atoms with Crippen molar-refractivity contribution in [1.82, 2.24) is 10.2 Å². The van der Waals surface area contributed by atoms with E-state index >= 15 is 0 Å². The standard InChI is InChI=1S/C7H12N4/c1-4-6(8)7(9)10-5(2)11(4)3/h10H,1-2,8-9H2,3H3. The third-order valence-electron chi connectivity index (χ3n) is 1.69. The molecule has 5 N–H and O–H groups in total. The van der Waals surface area contributed by atoms with Crippen molar-refractivity contribution in [1.29, 1.82) is 0 Å². The molecule has 1 heterocycles. The van der Waals surface area contributed by atoms with E-state index in [0.717, 1.165) is 0 Å². The minimum absolute atomic E-state index is 0.415. The van der Waals surface area contributed by atoms with Gasteiger partial charge in [-0.15, -0.1) is 0 Å². The molecule has 0 saturated carbocycles. The maximum Gasteiger partial charge on any atom is 0.127 e. The Morgan fingerprint density at radius 3 is 2.45 bits per heavy atom. The Balaban J connectivity index is 3.04. The molecule has 11 heavy (non-hydrogen) atoms. The Bertz CT molecular complexity index is 251. The molecule has 0 aliphatic carbocycles. The van der Waals surface area contributed by atoms with Crippen LogP contribution in [0.15, 0.2) is 36.2 Å². The molecule has 0 fully saturated rings. The number of nitrogens with zero attached hydrogens (tertiary/aromatic N) is 1. The third-order valence-corrected chi connectivity index (χ3v) is 1.69. The average molecular weight is 152 g/mol. The lowest BCUT2D eigenvalue weighted by Crippen LogP contribution is -2.39. The summed E-state index contributed by atoms with van der Waals surface area (Å²) in [5, 5.41) is 2.81. The highest BCUT2D eigenvalue weighted by atomic mass is 15.3. The molecule has 4 heteroatoms. The van der Waals surface area contributed by atoms with Crippen LogP contribution in [0.4, 0.5) is 0 Å². The fraction of sp³-hybridized carbons (Fsp3) is 0.143. The lowest BCUT2D eigenvalue weighted by atomic mass is 10.2. The zero-order chi connectivity index (χ0) is 8.59. The Morgan fingerprint density at radius 1 is 1.36 bits per heavy atom. The summed E-state index contributed by atoms with van der Waals surface area (Å²) >= 11 is 0. The van der Waals surface area contributed by atoms with Crippen molar-refractivity contribution < 1.29 is 0 Å². The van der Waals surface area contributed by atoms with E-state index in [2.05, 4.69) is 18.5 Å². The molecule has 1 aliphatic heterocycles. The van der Waals surface area contributed by atoms with Gasteiger partial charge >= 0.3 is 0 Å². The molecule has 0 spiro atoms. The third kappa shape index (κ3) is 1.02. The fourth-order valence-corrected chi connectivity index (χ4v) is 0.806. The van der Waals surface area contributed by atoms with Crippen LogP contribution in [0.2, 0.25) is 0 Å². The molecule has 4 nitrogen and oxygen atoms in total. The first-order valence-corrected chi connectivity index (χ1v) is 3.18. The minimum atomic E-state index is 0.415. The lowest BCUT2D eigenvalue weighted by molar-refractivity contribution is 0.471. The van der Waals surface area contributed by atoms with Crippen LogP contribution in [0.1, 0.15) is 0 Å². The van der Waals surface area contributed by atoms with Crippen molar-refractivity contribution in [3.8, 4) is 0 Å². The van der Waals surface area contributed by atoms with E-state index in [4.69, 9.17) is 11.5 Å². The van der Waals surface area contributed by atoms with Gasteiger partial charge in [0.1, 0.15) is 11.6 Å². The van der Waals surface area contributed by atoms with Gasteiger partial charge in [0.15, 0.2) is 0 Å². The molecule has 0 saturated heterocycles. The monoisotopic (exact) mass is 152 g/mol. The largest absolute Gasteiger partial charge is 0.394 e. The van der Waals surface area contributed by atoms with Gasteiger partial charge in [0.05, 0.1) is 11.4 Å². The van der Waals surface area contributed by atoms with E-state index in [-0.39, 0.29) is 0 Å². The Kier molecular flexibility index (Phi) is 1.53. The summed E-state index contributed by atoms with van der Waals surface area (Å²) in [6.45, 7) is 7.45. The average Bonchev–Trinajstić information content (AvgIpc) is 1.97. The second-order valence-corrected chi connectivity index (χ2v) is 2.40. The van der Waals surface area contributed by atoms with E-state index in [0.29, 0.717) is 23.0 Å². The molecule has 0 aromatic heterocycles. The van der Waals surface area contributed by atoms with Crippen LogP contribution in [0.5, 0.6) is 0 Å². The Labute approximate surface area is 65.8 Å². The zero-order valence-electron chi connectivity index (χ0n) is 6.52. The fourth-order valence-electron chi connectivity index (χ4n) is 0.806. The number of nitrogens with one attached hydrogen (secondary N) is 1. The van der Waals surface area contributed by atoms with Gasteiger partial charge in [-0.3, -0.25) is 0 Å². The normalized spacial score (nSPS) is 18.8. The highest BCUT2D eigenvalue weighted by molar-refractivity contribution is 5.35. The molecule has 1 rings (SSSR count). The molecular formula is C7H12N4. The van der Waals surface area contributed by atoms with E-state index < -0.39 is 0 Å². The van der Waals surface area contributed by atoms with E-state index in [1.165, 1.54) is 0 Å². The lowest BCUT2D eigenvalue weighted by Gasteiger charge is -2.30. The van der Waals surface area contributed by atoms with Crippen molar-refractivity contribution in [3.63, 3.8) is 0 Å². The maximum absolute atomic E-state index is 5.58. The van der Waals surface area contributed by atoms with Gasteiger partial charge in [-0.25, -0.2) is 0 Å². The Morgan fingerprint density at radius 2 is 1.91 bits per heavy atom. The summed E-state index contributed by atoms with van der Waals surface area (Å²) in [6.07, 6.45) is 0. The zero-order valence-corrected chi connectivity index (χ0v) is 6.52. The van der Waals surface area contributed by atoms with Crippen LogP contribution in [0.25, 0.3) is 0 Å². The highest BCUT2D eigenvalue weighted by Gasteiger charge is 2.17. The van der Waals surface area contributed by atoms with Crippen molar-refractivity contribution in [2.75, 3.05) is 7.05 Å². The van der Waals surface area contributed by atoms with Gasteiger partial charge in [-0.1, -0.05) is 13.2 Å². The van der Waals surface area contributed by atoms with Crippen LogP contribution >= 0.6 is 0 Å². The summed E-state index contributed by atoms with van der Waals surface area (Å²) in [4.78, 5) is 1.74. The van der Waals surface area contributed by atoms with Gasteiger partial charge in [0, 0.05) is 7.05 Å². The molecule has 0 aromatic rings. The maximum atomic E-state index is 5.58. The predicted octanol–water partition coefficient (Wildman–Crippen LogP) is -0.407. The number of hydrogen-bond acceptors (Lipinski definition) is 4. The van der Waals surface area contributed by atoms with Crippen LogP contribution in [0, 0.1) is 0 Å². The van der Waals surface area contributed by atoms with E-state index in [1.54, 1.807) is 4.90 Å². The van der Waals surface area contributed by atoms with Crippen LogP contribution in [-0.2, 0) is 0 Å². The van der Waals surface area contributed by atoms with Crippen molar-refractivity contribution in [3.05, 3.63) is 36.2 Å². The van der Waals surface area contributed by atoms with Crippen molar-refractivity contribution >= 4 is 0 Å². The highest BCUT2D eigenvalue weighted by Crippen LogP contribution is 2.16. The van der Waals surface area contributed by atoms with Gasteiger partial charge in [0.25, 0.3) is 0 Å². The molecule has 0 aromatic carbocycles. The first kappa shape index (κ1) is 7.53. The van der Waals surface area contributed by atoms with Crippen LogP contribution in [-0.4, -0.2) is 11.9 Å². The summed E-state index contributed by atoms with van der Waals surface area (Å²) in [5.74, 6) is 1.10. The molecule has 0 amide bonds. The van der Waals surface area contributed by atoms with Crippen LogP contribution in [0.3, 0.4) is 0 Å². The molecule has 0 radical (unpaired) electrons. The quantitative estimate of drug-likeness (QED) is 0.441. The summed E-state index contributed by atoms with van der Waals surface area (Å²) < 4.78 is 0. The van der Waals surface area contributed by atoms with Gasteiger partial charge in [-0.2, -0.15) is 0 Å². The molecule has 1 aliphatic rings. The number of rotatable bonds is 0. The Hall–Kier alpha value is -1.58. The van der Waals surface area contributed by atoms with Gasteiger partial charge in [0.2, 0.25) is 0 Å². The minimum Gasteiger partial charge on any atom is -0.394 e. The molecule has 0 bridgehead atoms. The number of likely N-dealkylation sites (N-methyl/N-ethyl adjacent to an activating group) is 1. The van der Waals surface area contributed by atoms with E-state index in [9.17, 15) is 0 Å². The second kappa shape index (κ2) is 2.23. The van der Waals surface area contributed by atoms with Gasteiger partial charge in [-0.05, 0) is 0 Å². The topological polar surface area (TPSA) is 67.3 Å². The molecular weight excluding hydrogens is 140 g/mol. The summed E-state index contributed by atoms with van der Waals surface area (Å²) in [7, 11) is 1.82. The van der Waals surface area contributed by atoms with Crippen molar-refractivity contribution in [2.24, 2.45) is 11.5 Å². The smallest absolute Gasteiger partial charge is 0.127 e.